The van der Waals surface area contributed by atoms with E-state index >= 15 is 0 Å². The Morgan fingerprint density at radius 1 is 0.935 bits per heavy atom. The molecule has 0 unspecified atom stereocenters. The molecule has 162 valence electrons. The Balaban J connectivity index is 1.41. The van der Waals surface area contributed by atoms with Gasteiger partial charge in [-0.2, -0.15) is 0 Å². The van der Waals surface area contributed by atoms with Crippen molar-refractivity contribution < 1.29 is 18.8 Å². The molecule has 2 aliphatic heterocycles. The SMILES string of the molecule is CCC(=O)N1CCc2cc(C(=O)N3CCN(C(=O)c4cc(Cl)ccc4F)CC3)ccc21. The first kappa shape index (κ1) is 21.3. The highest BCUT2D eigenvalue weighted by Crippen LogP contribution is 2.30. The van der Waals surface area contributed by atoms with Gasteiger partial charge in [-0.3, -0.25) is 14.4 Å². The topological polar surface area (TPSA) is 60.9 Å². The fourth-order valence-corrected chi connectivity index (χ4v) is 4.28. The third kappa shape index (κ3) is 4.14. The van der Waals surface area contributed by atoms with Gasteiger partial charge in [-0.15, -0.1) is 0 Å². The molecule has 4 rings (SSSR count). The van der Waals surface area contributed by atoms with Crippen LogP contribution in [0, 0.1) is 5.82 Å². The first-order valence-electron chi connectivity index (χ1n) is 10.4. The number of carbonyl (C=O) groups excluding carboxylic acids is 3. The molecular formula is C23H23ClFN3O3. The number of benzene rings is 2. The van der Waals surface area contributed by atoms with Crippen LogP contribution in [0.2, 0.25) is 5.02 Å². The van der Waals surface area contributed by atoms with Gasteiger partial charge in [-0.05, 0) is 48.4 Å². The average Bonchev–Trinajstić information content (AvgIpc) is 3.22. The van der Waals surface area contributed by atoms with Gasteiger partial charge in [-0.1, -0.05) is 18.5 Å². The Hall–Kier alpha value is -2.93. The molecule has 2 heterocycles. The van der Waals surface area contributed by atoms with Gasteiger partial charge in [0.05, 0.1) is 5.56 Å². The number of piperazine rings is 1. The fraction of sp³-hybridized carbons (Fsp3) is 0.348. The minimum atomic E-state index is -0.610. The summed E-state index contributed by atoms with van der Waals surface area (Å²) < 4.78 is 14.0. The molecule has 2 aliphatic rings. The van der Waals surface area contributed by atoms with Gasteiger partial charge >= 0.3 is 0 Å². The van der Waals surface area contributed by atoms with Crippen LogP contribution in [0.5, 0.6) is 0 Å². The lowest BCUT2D eigenvalue weighted by atomic mass is 10.1. The summed E-state index contributed by atoms with van der Waals surface area (Å²) in [6.07, 6.45) is 1.18. The zero-order chi connectivity index (χ0) is 22.1. The van der Waals surface area contributed by atoms with Gasteiger partial charge in [0.15, 0.2) is 0 Å². The second-order valence-corrected chi connectivity index (χ2v) is 8.14. The van der Waals surface area contributed by atoms with Gasteiger partial charge < -0.3 is 14.7 Å². The zero-order valence-electron chi connectivity index (χ0n) is 17.2. The Labute approximate surface area is 185 Å². The van der Waals surface area contributed by atoms with E-state index in [2.05, 4.69) is 0 Å². The lowest BCUT2D eigenvalue weighted by Gasteiger charge is -2.35. The molecule has 6 nitrogen and oxygen atoms in total. The fourth-order valence-electron chi connectivity index (χ4n) is 4.11. The van der Waals surface area contributed by atoms with Gasteiger partial charge in [0.25, 0.3) is 11.8 Å². The Kier molecular flexibility index (Phi) is 5.96. The number of hydrogen-bond acceptors (Lipinski definition) is 3. The van der Waals surface area contributed by atoms with Crippen molar-refractivity contribution in [2.24, 2.45) is 0 Å². The summed E-state index contributed by atoms with van der Waals surface area (Å²) in [6.45, 7) is 3.85. The van der Waals surface area contributed by atoms with Crippen LogP contribution >= 0.6 is 11.6 Å². The van der Waals surface area contributed by atoms with Gasteiger partial charge in [-0.25, -0.2) is 4.39 Å². The van der Waals surface area contributed by atoms with Crippen LogP contribution in [0.4, 0.5) is 10.1 Å². The predicted octanol–water partition coefficient (Wildman–Crippen LogP) is 3.38. The smallest absolute Gasteiger partial charge is 0.257 e. The van der Waals surface area contributed by atoms with Crippen LogP contribution in [0.15, 0.2) is 36.4 Å². The van der Waals surface area contributed by atoms with E-state index in [9.17, 15) is 18.8 Å². The molecule has 2 aromatic carbocycles. The Bertz CT molecular complexity index is 1050. The first-order valence-corrected chi connectivity index (χ1v) is 10.7. The number of amides is 3. The standard InChI is InChI=1S/C23H23ClFN3O3/c1-2-21(29)28-8-7-15-13-16(3-6-20(15)28)22(30)26-9-11-27(12-10-26)23(31)18-14-17(24)4-5-19(18)25/h3-6,13-14H,2,7-12H2,1H3. The molecule has 0 bridgehead atoms. The zero-order valence-corrected chi connectivity index (χ0v) is 18.0. The van der Waals surface area contributed by atoms with Crippen molar-refractivity contribution in [1.29, 1.82) is 0 Å². The number of hydrogen-bond donors (Lipinski definition) is 0. The van der Waals surface area contributed by atoms with Crippen LogP contribution in [0.3, 0.4) is 0 Å². The molecule has 0 saturated carbocycles. The number of nitrogens with zero attached hydrogens (tertiary/aromatic N) is 3. The molecule has 8 heteroatoms. The summed E-state index contributed by atoms with van der Waals surface area (Å²) in [6, 6.07) is 9.36. The summed E-state index contributed by atoms with van der Waals surface area (Å²) in [7, 11) is 0. The molecule has 0 radical (unpaired) electrons. The lowest BCUT2D eigenvalue weighted by molar-refractivity contribution is -0.118. The number of carbonyl (C=O) groups is 3. The van der Waals surface area contributed by atoms with Gasteiger partial charge in [0.1, 0.15) is 5.82 Å². The van der Waals surface area contributed by atoms with Crippen LogP contribution in [-0.4, -0.2) is 60.2 Å². The minimum absolute atomic E-state index is 0.0583. The van der Waals surface area contributed by atoms with E-state index in [1.54, 1.807) is 15.9 Å². The Morgan fingerprint density at radius 3 is 2.29 bits per heavy atom. The van der Waals surface area contributed by atoms with Gasteiger partial charge in [0, 0.05) is 55.4 Å². The van der Waals surface area contributed by atoms with Crippen molar-refractivity contribution in [3.05, 3.63) is 63.9 Å². The summed E-state index contributed by atoms with van der Waals surface area (Å²) in [4.78, 5) is 42.7. The van der Waals surface area contributed by atoms with Crippen molar-refractivity contribution >= 4 is 35.0 Å². The van der Waals surface area contributed by atoms with E-state index in [1.165, 1.54) is 23.1 Å². The highest BCUT2D eigenvalue weighted by Gasteiger charge is 2.29. The van der Waals surface area contributed by atoms with Gasteiger partial charge in [0.2, 0.25) is 5.91 Å². The second-order valence-electron chi connectivity index (χ2n) is 7.70. The van der Waals surface area contributed by atoms with E-state index in [0.29, 0.717) is 49.7 Å². The molecule has 1 fully saturated rings. The third-order valence-corrected chi connectivity index (χ3v) is 6.07. The molecule has 0 spiro atoms. The van der Waals surface area contributed by atoms with E-state index in [0.717, 1.165) is 17.7 Å². The lowest BCUT2D eigenvalue weighted by Crippen LogP contribution is -2.50. The van der Waals surface area contributed by atoms with Crippen LogP contribution in [-0.2, 0) is 11.2 Å². The maximum Gasteiger partial charge on any atom is 0.257 e. The molecule has 31 heavy (non-hydrogen) atoms. The normalized spacial score (nSPS) is 15.8. The molecule has 2 aromatic rings. The van der Waals surface area contributed by atoms with E-state index < -0.39 is 11.7 Å². The van der Waals surface area contributed by atoms with Crippen molar-refractivity contribution in [3.8, 4) is 0 Å². The van der Waals surface area contributed by atoms with Crippen molar-refractivity contribution in [2.45, 2.75) is 19.8 Å². The highest BCUT2D eigenvalue weighted by atomic mass is 35.5. The molecular weight excluding hydrogens is 421 g/mol. The number of anilines is 1. The number of fused-ring (bicyclic) bond motifs is 1. The van der Waals surface area contributed by atoms with E-state index in [-0.39, 0.29) is 17.4 Å². The quantitative estimate of drug-likeness (QED) is 0.730. The maximum absolute atomic E-state index is 14.0. The Morgan fingerprint density at radius 2 is 1.61 bits per heavy atom. The average molecular weight is 444 g/mol. The van der Waals surface area contributed by atoms with Crippen LogP contribution < -0.4 is 4.90 Å². The maximum atomic E-state index is 14.0. The summed E-state index contributed by atoms with van der Waals surface area (Å²) in [5, 5.41) is 0.300. The van der Waals surface area contributed by atoms with E-state index in [1.807, 2.05) is 19.1 Å². The van der Waals surface area contributed by atoms with Crippen molar-refractivity contribution in [2.75, 3.05) is 37.6 Å². The molecule has 0 aromatic heterocycles. The van der Waals surface area contributed by atoms with E-state index in [4.69, 9.17) is 11.6 Å². The van der Waals surface area contributed by atoms with Crippen LogP contribution in [0.25, 0.3) is 0 Å². The first-order chi connectivity index (χ1) is 14.9. The predicted molar refractivity (Wildman–Crippen MR) is 116 cm³/mol. The molecule has 0 atom stereocenters. The summed E-state index contributed by atoms with van der Waals surface area (Å²) in [5.41, 5.74) is 2.39. The third-order valence-electron chi connectivity index (χ3n) is 5.84. The second kappa shape index (κ2) is 8.67. The summed E-state index contributed by atoms with van der Waals surface area (Å²) >= 11 is 5.90. The summed E-state index contributed by atoms with van der Waals surface area (Å²) in [5.74, 6) is -1.06. The minimum Gasteiger partial charge on any atom is -0.335 e. The molecule has 3 amide bonds. The monoisotopic (exact) mass is 443 g/mol. The van der Waals surface area contributed by atoms with Crippen LogP contribution in [0.1, 0.15) is 39.6 Å². The number of halogens is 2. The van der Waals surface area contributed by atoms with Crippen molar-refractivity contribution in [3.63, 3.8) is 0 Å². The highest BCUT2D eigenvalue weighted by molar-refractivity contribution is 6.31. The largest absolute Gasteiger partial charge is 0.335 e. The molecule has 0 aliphatic carbocycles. The number of rotatable bonds is 3. The molecule has 0 N–H and O–H groups in total. The van der Waals surface area contributed by atoms with Crippen molar-refractivity contribution in [1.82, 2.24) is 9.80 Å². The molecule has 1 saturated heterocycles.